The Balaban J connectivity index is 1.63. The molecule has 1 fully saturated rings. The summed E-state index contributed by atoms with van der Waals surface area (Å²) < 4.78 is 39.5. The van der Waals surface area contributed by atoms with Gasteiger partial charge in [-0.3, -0.25) is 14.8 Å². The second-order valence-corrected chi connectivity index (χ2v) is 7.33. The van der Waals surface area contributed by atoms with E-state index >= 15 is 0 Å². The van der Waals surface area contributed by atoms with Crippen molar-refractivity contribution >= 4 is 5.91 Å². The highest BCUT2D eigenvalue weighted by molar-refractivity contribution is 5.94. The van der Waals surface area contributed by atoms with Crippen LogP contribution < -0.4 is 0 Å². The summed E-state index contributed by atoms with van der Waals surface area (Å²) in [5.74, 6) is -0.144. The molecule has 1 atom stereocenters. The van der Waals surface area contributed by atoms with E-state index < -0.39 is 11.7 Å². The second-order valence-electron chi connectivity index (χ2n) is 7.33. The van der Waals surface area contributed by atoms with Crippen molar-refractivity contribution in [3.05, 3.63) is 83.8 Å². The highest BCUT2D eigenvalue weighted by Gasteiger charge is 2.32. The maximum absolute atomic E-state index is 13.2. The van der Waals surface area contributed by atoms with Crippen LogP contribution in [0.25, 0.3) is 11.3 Å². The Bertz CT molecular complexity index is 1040. The maximum Gasteiger partial charge on any atom is 0.416 e. The molecule has 2 aromatic carbocycles. The Kier molecular flexibility index (Phi) is 5.53. The second kappa shape index (κ2) is 8.26. The van der Waals surface area contributed by atoms with E-state index in [1.54, 1.807) is 29.3 Å². The van der Waals surface area contributed by atoms with Crippen LogP contribution in [0.5, 0.6) is 0 Å². The first-order valence-electron chi connectivity index (χ1n) is 9.76. The van der Waals surface area contributed by atoms with Crippen LogP contribution in [-0.2, 0) is 6.18 Å². The van der Waals surface area contributed by atoms with Crippen LogP contribution in [0.4, 0.5) is 13.2 Å². The van der Waals surface area contributed by atoms with Crippen LogP contribution in [0.2, 0.25) is 0 Å². The van der Waals surface area contributed by atoms with Crippen LogP contribution in [0.15, 0.2) is 67.0 Å². The normalized spacial score (nSPS) is 17.0. The quantitative estimate of drug-likeness (QED) is 0.596. The van der Waals surface area contributed by atoms with Gasteiger partial charge in [0.05, 0.1) is 17.0 Å². The molecule has 2 heterocycles. The van der Waals surface area contributed by atoms with Crippen molar-refractivity contribution in [2.24, 2.45) is 0 Å². The predicted octanol–water partition coefficient (Wildman–Crippen LogP) is 5.18. The molecule has 0 spiro atoms. The largest absolute Gasteiger partial charge is 0.416 e. The number of nitrogens with zero attached hydrogens (tertiary/aromatic N) is 3. The topological polar surface area (TPSA) is 46.1 Å². The minimum atomic E-state index is -4.43. The van der Waals surface area contributed by atoms with Crippen molar-refractivity contribution in [3.63, 3.8) is 0 Å². The molecule has 0 N–H and O–H groups in total. The number of benzene rings is 2. The molecule has 0 bridgehead atoms. The molecule has 1 amide bonds. The Labute approximate surface area is 172 Å². The number of aromatic nitrogens is 2. The monoisotopic (exact) mass is 411 g/mol. The Hall–Kier alpha value is -3.22. The van der Waals surface area contributed by atoms with E-state index in [1.807, 2.05) is 18.2 Å². The summed E-state index contributed by atoms with van der Waals surface area (Å²) >= 11 is 0. The molecule has 1 aromatic heterocycles. The van der Waals surface area contributed by atoms with Crippen molar-refractivity contribution in [1.82, 2.24) is 14.9 Å². The first kappa shape index (κ1) is 20.1. The maximum atomic E-state index is 13.2. The summed E-state index contributed by atoms with van der Waals surface area (Å²) in [4.78, 5) is 23.4. The SMILES string of the molecule is O=C(c1ccccc1)N1CCC[C@H](c2nccnc2-c2cccc(C(F)(F)F)c2)C1. The van der Waals surface area contributed by atoms with Gasteiger partial charge < -0.3 is 4.90 Å². The minimum absolute atomic E-state index is 0.0511. The molecule has 30 heavy (non-hydrogen) atoms. The molecule has 1 aliphatic rings. The van der Waals surface area contributed by atoms with Gasteiger partial charge in [0.1, 0.15) is 0 Å². The van der Waals surface area contributed by atoms with E-state index in [0.717, 1.165) is 25.0 Å². The van der Waals surface area contributed by atoms with Crippen LogP contribution in [0.1, 0.15) is 40.4 Å². The van der Waals surface area contributed by atoms with Crippen molar-refractivity contribution in [2.75, 3.05) is 13.1 Å². The number of likely N-dealkylation sites (tertiary alicyclic amines) is 1. The number of carbonyl (C=O) groups is 1. The van der Waals surface area contributed by atoms with Crippen molar-refractivity contribution in [2.45, 2.75) is 24.9 Å². The van der Waals surface area contributed by atoms with Crippen LogP contribution >= 0.6 is 0 Å². The third-order valence-electron chi connectivity index (χ3n) is 5.31. The lowest BCUT2D eigenvalue weighted by atomic mass is 9.91. The molecule has 0 radical (unpaired) electrons. The number of carbonyl (C=O) groups excluding carboxylic acids is 1. The fraction of sp³-hybridized carbons (Fsp3) is 0.261. The molecule has 3 aromatic rings. The van der Waals surface area contributed by atoms with Gasteiger partial charge in [-0.1, -0.05) is 30.3 Å². The molecular weight excluding hydrogens is 391 g/mol. The van der Waals surface area contributed by atoms with Crippen LogP contribution in [-0.4, -0.2) is 33.9 Å². The van der Waals surface area contributed by atoms with Gasteiger partial charge in [0.15, 0.2) is 0 Å². The van der Waals surface area contributed by atoms with E-state index in [-0.39, 0.29) is 11.8 Å². The molecule has 4 rings (SSSR count). The summed E-state index contributed by atoms with van der Waals surface area (Å²) in [7, 11) is 0. The number of hydrogen-bond donors (Lipinski definition) is 0. The molecule has 7 heteroatoms. The van der Waals surface area contributed by atoms with Gasteiger partial charge >= 0.3 is 6.18 Å². The van der Waals surface area contributed by atoms with Gasteiger partial charge in [-0.2, -0.15) is 13.2 Å². The average molecular weight is 411 g/mol. The van der Waals surface area contributed by atoms with E-state index in [1.165, 1.54) is 12.3 Å². The number of rotatable bonds is 3. The standard InChI is InChI=1S/C23H20F3N3O/c24-23(25,26)19-10-4-8-17(14-19)20-21(28-12-11-27-20)18-9-5-13-29(15-18)22(30)16-6-2-1-3-7-16/h1-4,6-8,10-12,14,18H,5,9,13,15H2/t18-/m0/s1. The Morgan fingerprint density at radius 3 is 2.53 bits per heavy atom. The van der Waals surface area contributed by atoms with Gasteiger partial charge in [-0.25, -0.2) is 0 Å². The van der Waals surface area contributed by atoms with Gasteiger partial charge in [-0.05, 0) is 37.1 Å². The van der Waals surface area contributed by atoms with Crippen LogP contribution in [0, 0.1) is 0 Å². The van der Waals surface area contributed by atoms with Crippen molar-refractivity contribution in [3.8, 4) is 11.3 Å². The molecule has 0 unspecified atom stereocenters. The van der Waals surface area contributed by atoms with Gasteiger partial charge in [0.2, 0.25) is 0 Å². The smallest absolute Gasteiger partial charge is 0.338 e. The third kappa shape index (κ3) is 4.20. The fourth-order valence-corrected chi connectivity index (χ4v) is 3.86. The van der Waals surface area contributed by atoms with Gasteiger partial charge in [0, 0.05) is 42.5 Å². The zero-order chi connectivity index (χ0) is 21.1. The molecule has 4 nitrogen and oxygen atoms in total. The molecule has 1 saturated heterocycles. The van der Waals surface area contributed by atoms with Crippen molar-refractivity contribution in [1.29, 1.82) is 0 Å². The highest BCUT2D eigenvalue weighted by atomic mass is 19.4. The molecule has 1 aliphatic heterocycles. The predicted molar refractivity (Wildman–Crippen MR) is 107 cm³/mol. The van der Waals surface area contributed by atoms with Gasteiger partial charge in [0.25, 0.3) is 5.91 Å². The van der Waals surface area contributed by atoms with E-state index in [4.69, 9.17) is 0 Å². The van der Waals surface area contributed by atoms with E-state index in [0.29, 0.717) is 35.6 Å². The lowest BCUT2D eigenvalue weighted by molar-refractivity contribution is -0.137. The number of halogens is 3. The lowest BCUT2D eigenvalue weighted by Gasteiger charge is -2.33. The lowest BCUT2D eigenvalue weighted by Crippen LogP contribution is -2.39. The van der Waals surface area contributed by atoms with Crippen molar-refractivity contribution < 1.29 is 18.0 Å². The highest BCUT2D eigenvalue weighted by Crippen LogP contribution is 2.35. The molecular formula is C23H20F3N3O. The number of amides is 1. The average Bonchev–Trinajstić information content (AvgIpc) is 2.79. The third-order valence-corrected chi connectivity index (χ3v) is 5.31. The number of piperidine rings is 1. The first-order valence-corrected chi connectivity index (χ1v) is 9.76. The number of alkyl halides is 3. The molecule has 0 saturated carbocycles. The first-order chi connectivity index (χ1) is 14.4. The molecule has 0 aliphatic carbocycles. The van der Waals surface area contributed by atoms with E-state index in [2.05, 4.69) is 9.97 Å². The van der Waals surface area contributed by atoms with Crippen LogP contribution in [0.3, 0.4) is 0 Å². The summed E-state index contributed by atoms with van der Waals surface area (Å²) in [6, 6.07) is 14.2. The minimum Gasteiger partial charge on any atom is -0.338 e. The van der Waals surface area contributed by atoms with E-state index in [9.17, 15) is 18.0 Å². The fourth-order valence-electron chi connectivity index (χ4n) is 3.86. The number of hydrogen-bond acceptors (Lipinski definition) is 3. The summed E-state index contributed by atoms with van der Waals surface area (Å²) in [5.41, 5.74) is 1.33. The zero-order valence-electron chi connectivity index (χ0n) is 16.1. The summed E-state index contributed by atoms with van der Waals surface area (Å²) in [6.45, 7) is 1.10. The molecule has 154 valence electrons. The summed E-state index contributed by atoms with van der Waals surface area (Å²) in [6.07, 6.45) is 0.187. The Morgan fingerprint density at radius 2 is 1.77 bits per heavy atom. The Morgan fingerprint density at radius 1 is 1.00 bits per heavy atom. The van der Waals surface area contributed by atoms with Gasteiger partial charge in [-0.15, -0.1) is 0 Å². The summed E-state index contributed by atoms with van der Waals surface area (Å²) in [5, 5.41) is 0. The zero-order valence-corrected chi connectivity index (χ0v) is 16.1.